The standard InChI is InChI=1S/C7H6P.5CH4.W/c1-3-7(4-2)5-6-8;;;;;;/h1-3,5H,8H2;5*1H4;/q-1;;;;;;. The molecule has 0 aromatic carbocycles. The van der Waals surface area contributed by atoms with Crippen LogP contribution in [0.25, 0.3) is 0 Å². The molecule has 0 N–H and O–H groups in total. The van der Waals surface area contributed by atoms with Crippen molar-refractivity contribution in [2.45, 2.75) is 37.1 Å². The van der Waals surface area contributed by atoms with Crippen LogP contribution in [0.1, 0.15) is 37.1 Å². The van der Waals surface area contributed by atoms with Crippen LogP contribution in [0.2, 0.25) is 0 Å². The second kappa shape index (κ2) is 23.1. The van der Waals surface area contributed by atoms with E-state index >= 15 is 0 Å². The molecule has 2 heteroatoms. The Bertz CT molecular complexity index is 197. The predicted octanol–water partition coefficient (Wildman–Crippen LogP) is 4.27. The fraction of sp³-hybridized carbons (Fsp3) is 0.417. The summed E-state index contributed by atoms with van der Waals surface area (Å²) < 4.78 is 1.16. The molecule has 1 unspecified atom stereocenters. The topological polar surface area (TPSA) is 0 Å². The van der Waals surface area contributed by atoms with Gasteiger partial charge in [-0.3, -0.25) is 0 Å². The SMILES string of the molecule is C.C.C.C.C.C#CC(C=[CH-])=C[C](P)=[W]. The van der Waals surface area contributed by atoms with Gasteiger partial charge >= 0.3 is 68.9 Å². The molecule has 0 aliphatic carbocycles. The van der Waals surface area contributed by atoms with Gasteiger partial charge in [-0.1, -0.05) is 37.1 Å². The average Bonchev–Trinajstić information content (AvgIpc) is 1.82. The molecule has 0 nitrogen and oxygen atoms in total. The molecule has 0 fully saturated rings. The Morgan fingerprint density at radius 3 is 1.64 bits per heavy atom. The van der Waals surface area contributed by atoms with Crippen LogP contribution in [0.3, 0.4) is 0 Å². The normalized spacial score (nSPS) is 6.43. The Morgan fingerprint density at radius 2 is 1.57 bits per heavy atom. The molecule has 0 amide bonds. The summed E-state index contributed by atoms with van der Waals surface area (Å²) in [5, 5.41) is 0. The van der Waals surface area contributed by atoms with Crippen LogP contribution >= 0.6 is 9.24 Å². The van der Waals surface area contributed by atoms with Crippen LogP contribution in [-0.4, -0.2) is 3.64 Å². The number of allylic oxidation sites excluding steroid dienone is 3. The number of terminal acetylenes is 1. The summed E-state index contributed by atoms with van der Waals surface area (Å²) in [6, 6.07) is 0. The quantitative estimate of drug-likeness (QED) is 0.288. The molecule has 86 valence electrons. The van der Waals surface area contributed by atoms with Gasteiger partial charge in [-0.2, -0.15) is 0 Å². The molecule has 0 aliphatic heterocycles. The molecule has 0 rings (SSSR count). The third kappa shape index (κ3) is 22.7. The Morgan fingerprint density at radius 1 is 1.21 bits per heavy atom. The van der Waals surface area contributed by atoms with Gasteiger partial charge < -0.3 is 0 Å². The van der Waals surface area contributed by atoms with Crippen molar-refractivity contribution in [2.75, 3.05) is 0 Å². The molecular weight excluding hydrogens is 359 g/mol. The number of hydrogen-bond acceptors (Lipinski definition) is 0. The molecule has 0 aliphatic rings. The van der Waals surface area contributed by atoms with E-state index in [9.17, 15) is 0 Å². The summed E-state index contributed by atoms with van der Waals surface area (Å²) in [7, 11) is 2.57. The van der Waals surface area contributed by atoms with E-state index in [0.717, 1.165) is 9.21 Å². The van der Waals surface area contributed by atoms with E-state index in [2.05, 4.69) is 15.2 Å². The van der Waals surface area contributed by atoms with E-state index in [1.165, 1.54) is 25.4 Å². The summed E-state index contributed by atoms with van der Waals surface area (Å²) >= 11 is 1.38. The van der Waals surface area contributed by atoms with Crippen LogP contribution in [0.15, 0.2) is 17.7 Å². The van der Waals surface area contributed by atoms with Crippen molar-refractivity contribution in [2.24, 2.45) is 0 Å². The van der Waals surface area contributed by atoms with E-state index in [0.29, 0.717) is 0 Å². The summed E-state index contributed by atoms with van der Waals surface area (Å²) in [4.78, 5) is 0. The minimum atomic E-state index is 0. The number of rotatable bonds is 2. The number of hydrogen-bond donors (Lipinski definition) is 0. The van der Waals surface area contributed by atoms with E-state index in [-0.39, 0.29) is 37.1 Å². The molecule has 0 spiro atoms. The Hall–Kier alpha value is 0.0283. The van der Waals surface area contributed by atoms with Crippen molar-refractivity contribution < 1.29 is 19.4 Å². The maximum absolute atomic E-state index is 5.18. The Labute approximate surface area is 106 Å². The monoisotopic (exact) mass is 385 g/mol. The van der Waals surface area contributed by atoms with E-state index in [1.54, 1.807) is 0 Å². The van der Waals surface area contributed by atoms with Crippen molar-refractivity contribution >= 4 is 12.9 Å². The molecule has 0 heterocycles. The predicted molar refractivity (Wildman–Crippen MR) is 74.2 cm³/mol. The zero-order chi connectivity index (χ0) is 7.28. The summed E-state index contributed by atoms with van der Waals surface area (Å²) in [6.45, 7) is 5.18. The van der Waals surface area contributed by atoms with Crippen LogP contribution in [-0.2, 0) is 19.4 Å². The summed E-state index contributed by atoms with van der Waals surface area (Å²) in [5.41, 5.74) is 0.731. The van der Waals surface area contributed by atoms with Crippen LogP contribution in [0.5, 0.6) is 0 Å². The minimum absolute atomic E-state index is 0. The molecule has 0 aromatic heterocycles. The molecule has 14 heavy (non-hydrogen) atoms. The van der Waals surface area contributed by atoms with E-state index < -0.39 is 0 Å². The molecule has 0 saturated carbocycles. The fourth-order valence-electron chi connectivity index (χ4n) is 0.291. The van der Waals surface area contributed by atoms with Gasteiger partial charge in [0.05, 0.1) is 0 Å². The van der Waals surface area contributed by atoms with Gasteiger partial charge in [-0.25, -0.2) is 0 Å². The van der Waals surface area contributed by atoms with E-state index in [4.69, 9.17) is 13.0 Å². The second-order valence-corrected chi connectivity index (χ2v) is 5.27. The van der Waals surface area contributed by atoms with Gasteiger partial charge in [-0.05, 0) is 0 Å². The van der Waals surface area contributed by atoms with Crippen molar-refractivity contribution in [1.29, 1.82) is 0 Å². The molecule has 0 saturated heterocycles. The first-order valence-electron chi connectivity index (χ1n) is 2.23. The molecular formula is C12H26PW-. The van der Waals surface area contributed by atoms with Crippen molar-refractivity contribution in [3.8, 4) is 12.3 Å². The van der Waals surface area contributed by atoms with Gasteiger partial charge in [-0.15, -0.1) is 0 Å². The summed E-state index contributed by atoms with van der Waals surface area (Å²) in [5.74, 6) is 2.44. The van der Waals surface area contributed by atoms with Gasteiger partial charge in [0.15, 0.2) is 0 Å². The van der Waals surface area contributed by atoms with Crippen molar-refractivity contribution in [3.63, 3.8) is 0 Å². The second-order valence-electron chi connectivity index (χ2n) is 1.31. The zero-order valence-electron chi connectivity index (χ0n) is 4.79. The zero-order valence-corrected chi connectivity index (χ0v) is 8.88. The Kier molecular flexibility index (Phi) is 61.0. The first-order chi connectivity index (χ1) is 4.20. The van der Waals surface area contributed by atoms with E-state index in [1.807, 2.05) is 6.08 Å². The van der Waals surface area contributed by atoms with Crippen molar-refractivity contribution in [1.82, 2.24) is 0 Å². The van der Waals surface area contributed by atoms with Crippen molar-refractivity contribution in [3.05, 3.63) is 24.3 Å². The van der Waals surface area contributed by atoms with Crippen LogP contribution in [0, 0.1) is 18.9 Å². The molecule has 1 atom stereocenters. The third-order valence-corrected chi connectivity index (χ3v) is 1.23. The molecule has 0 aromatic rings. The maximum atomic E-state index is 5.18. The van der Waals surface area contributed by atoms with Crippen LogP contribution in [0.4, 0.5) is 0 Å². The summed E-state index contributed by atoms with van der Waals surface area (Å²) in [6.07, 6.45) is 8.37. The van der Waals surface area contributed by atoms with Crippen LogP contribution < -0.4 is 0 Å². The average molecular weight is 385 g/mol. The molecule has 0 radical (unpaired) electrons. The first-order valence-corrected chi connectivity index (χ1v) is 4.27. The van der Waals surface area contributed by atoms with Gasteiger partial charge in [0, 0.05) is 0 Å². The van der Waals surface area contributed by atoms with Gasteiger partial charge in [0.25, 0.3) is 0 Å². The Balaban J connectivity index is -0.0000000320. The fourth-order valence-corrected chi connectivity index (χ4v) is 0.927. The first kappa shape index (κ1) is 36.9. The third-order valence-electron chi connectivity index (χ3n) is 0.644. The van der Waals surface area contributed by atoms with Gasteiger partial charge in [0.1, 0.15) is 0 Å². The molecule has 0 bridgehead atoms. The van der Waals surface area contributed by atoms with Gasteiger partial charge in [0.2, 0.25) is 0 Å².